The third-order valence-electron chi connectivity index (χ3n) is 4.05. The van der Waals surface area contributed by atoms with Gasteiger partial charge < -0.3 is 15.5 Å². The molecule has 2 N–H and O–H groups in total. The normalized spacial score (nSPS) is 16.2. The van der Waals surface area contributed by atoms with E-state index >= 15 is 0 Å². The number of piperidine rings is 1. The van der Waals surface area contributed by atoms with Crippen molar-refractivity contribution in [3.63, 3.8) is 0 Å². The van der Waals surface area contributed by atoms with Gasteiger partial charge in [-0.05, 0) is 51.1 Å². The van der Waals surface area contributed by atoms with Gasteiger partial charge in [0.15, 0.2) is 0 Å². The Balaban J connectivity index is 0.00000288. The summed E-state index contributed by atoms with van der Waals surface area (Å²) in [6, 6.07) is 8.13. The Morgan fingerprint density at radius 1 is 1.21 bits per heavy atom. The Morgan fingerprint density at radius 2 is 1.79 bits per heavy atom. The second kappa shape index (κ2) is 9.91. The maximum absolute atomic E-state index is 12.5. The van der Waals surface area contributed by atoms with Gasteiger partial charge in [-0.3, -0.25) is 9.59 Å². The molecule has 0 bridgehead atoms. The number of amides is 2. The van der Waals surface area contributed by atoms with E-state index in [0.29, 0.717) is 6.04 Å². The Hall–Kier alpha value is -1.24. The summed E-state index contributed by atoms with van der Waals surface area (Å²) in [6.45, 7) is 5.10. The minimum Gasteiger partial charge on any atom is -0.342 e. The molecule has 5 nitrogen and oxygen atoms in total. The zero-order valence-corrected chi connectivity index (χ0v) is 16.0. The average Bonchev–Trinajstić information content (AvgIpc) is 2.55. The lowest BCUT2D eigenvalue weighted by molar-refractivity contribution is -0.131. The first kappa shape index (κ1) is 20.8. The van der Waals surface area contributed by atoms with Gasteiger partial charge in [0.25, 0.3) is 0 Å². The van der Waals surface area contributed by atoms with Gasteiger partial charge in [0, 0.05) is 36.6 Å². The molecule has 1 saturated heterocycles. The van der Waals surface area contributed by atoms with Crippen LogP contribution in [0, 0.1) is 0 Å². The van der Waals surface area contributed by atoms with E-state index in [1.165, 1.54) is 6.92 Å². The molecule has 1 aliphatic rings. The minimum atomic E-state index is -0.104. The largest absolute Gasteiger partial charge is 0.342 e. The van der Waals surface area contributed by atoms with Crippen LogP contribution in [0.3, 0.4) is 0 Å². The smallest absolute Gasteiger partial charge is 0.235 e. The van der Waals surface area contributed by atoms with Crippen LogP contribution in [-0.2, 0) is 9.59 Å². The van der Waals surface area contributed by atoms with E-state index in [2.05, 4.69) is 10.6 Å². The van der Waals surface area contributed by atoms with E-state index < -0.39 is 0 Å². The van der Waals surface area contributed by atoms with Crippen LogP contribution in [0.1, 0.15) is 26.7 Å². The monoisotopic (exact) mass is 371 g/mol. The van der Waals surface area contributed by atoms with E-state index in [1.54, 1.807) is 11.8 Å². The van der Waals surface area contributed by atoms with Crippen molar-refractivity contribution < 1.29 is 9.59 Å². The van der Waals surface area contributed by atoms with Gasteiger partial charge in [-0.2, -0.15) is 0 Å². The molecule has 0 aromatic heterocycles. The van der Waals surface area contributed by atoms with Crippen LogP contribution < -0.4 is 10.6 Å². The Kier molecular flexibility index (Phi) is 8.59. The first-order chi connectivity index (χ1) is 11.0. The molecule has 0 radical (unpaired) electrons. The number of rotatable bonds is 5. The highest BCUT2D eigenvalue weighted by atomic mass is 35.5. The second-order valence-corrected chi connectivity index (χ2v) is 7.27. The summed E-state index contributed by atoms with van der Waals surface area (Å²) >= 11 is 1.56. The summed E-state index contributed by atoms with van der Waals surface area (Å²) in [5.41, 5.74) is 0.773. The highest BCUT2D eigenvalue weighted by molar-refractivity contribution is 8.00. The van der Waals surface area contributed by atoms with Gasteiger partial charge in [-0.25, -0.2) is 0 Å². The number of carbonyl (C=O) groups excluding carboxylic acids is 2. The van der Waals surface area contributed by atoms with Crippen molar-refractivity contribution in [2.45, 2.75) is 42.9 Å². The summed E-state index contributed by atoms with van der Waals surface area (Å²) < 4.78 is 0. The summed E-state index contributed by atoms with van der Waals surface area (Å²) in [7, 11) is 1.98. The fraction of sp³-hybridized carbons (Fsp3) is 0.529. The SMILES string of the molecule is CNC1CCN(C(=O)C(C)Sc2ccc(NC(C)=O)cc2)CC1.Cl. The molecule has 0 aliphatic carbocycles. The molecule has 24 heavy (non-hydrogen) atoms. The van der Waals surface area contributed by atoms with Crippen LogP contribution >= 0.6 is 24.2 Å². The van der Waals surface area contributed by atoms with Crippen LogP contribution in [0.25, 0.3) is 0 Å². The van der Waals surface area contributed by atoms with Crippen molar-refractivity contribution in [3.05, 3.63) is 24.3 Å². The molecular weight excluding hydrogens is 346 g/mol. The van der Waals surface area contributed by atoms with Gasteiger partial charge in [-0.1, -0.05) is 0 Å². The molecule has 7 heteroatoms. The lowest BCUT2D eigenvalue weighted by Gasteiger charge is -2.33. The third kappa shape index (κ3) is 6.00. The van der Waals surface area contributed by atoms with Crippen molar-refractivity contribution in [1.82, 2.24) is 10.2 Å². The number of hydrogen-bond donors (Lipinski definition) is 2. The molecule has 0 saturated carbocycles. The number of carbonyl (C=O) groups is 2. The van der Waals surface area contributed by atoms with E-state index in [0.717, 1.165) is 36.5 Å². The Labute approximate surface area is 154 Å². The topological polar surface area (TPSA) is 61.4 Å². The quantitative estimate of drug-likeness (QED) is 0.781. The van der Waals surface area contributed by atoms with Gasteiger partial charge >= 0.3 is 0 Å². The number of likely N-dealkylation sites (tertiary alicyclic amines) is 1. The molecule has 0 spiro atoms. The average molecular weight is 372 g/mol. The van der Waals surface area contributed by atoms with Gasteiger partial charge in [0.1, 0.15) is 0 Å². The fourth-order valence-electron chi connectivity index (χ4n) is 2.72. The molecule has 1 aromatic rings. The zero-order chi connectivity index (χ0) is 16.8. The Bertz CT molecular complexity index is 545. The number of anilines is 1. The summed E-state index contributed by atoms with van der Waals surface area (Å²) in [4.78, 5) is 26.6. The van der Waals surface area contributed by atoms with Crippen LogP contribution in [0.15, 0.2) is 29.2 Å². The zero-order valence-electron chi connectivity index (χ0n) is 14.4. The molecule has 2 rings (SSSR count). The number of hydrogen-bond acceptors (Lipinski definition) is 4. The van der Waals surface area contributed by atoms with E-state index in [9.17, 15) is 9.59 Å². The highest BCUT2D eigenvalue weighted by Crippen LogP contribution is 2.26. The standard InChI is InChI=1S/C17H25N3O2S.ClH/c1-12(17(22)20-10-8-14(18-3)9-11-20)23-16-6-4-15(5-7-16)19-13(2)21;/h4-7,12,14,18H,8-11H2,1-3H3,(H,19,21);1H. The molecule has 1 aliphatic heterocycles. The summed E-state index contributed by atoms with van der Waals surface area (Å²) in [6.07, 6.45) is 2.04. The van der Waals surface area contributed by atoms with E-state index in [4.69, 9.17) is 0 Å². The predicted octanol–water partition coefficient (Wildman–Crippen LogP) is 2.76. The van der Waals surface area contributed by atoms with Crippen LogP contribution in [0.2, 0.25) is 0 Å². The van der Waals surface area contributed by atoms with E-state index in [-0.39, 0.29) is 29.5 Å². The van der Waals surface area contributed by atoms with Crippen LogP contribution in [0.5, 0.6) is 0 Å². The number of nitrogens with one attached hydrogen (secondary N) is 2. The fourth-order valence-corrected chi connectivity index (χ4v) is 3.67. The van der Waals surface area contributed by atoms with Crippen molar-refractivity contribution in [3.8, 4) is 0 Å². The molecule has 1 unspecified atom stereocenters. The predicted molar refractivity (Wildman–Crippen MR) is 102 cm³/mol. The number of benzene rings is 1. The number of halogens is 1. The first-order valence-corrected chi connectivity index (χ1v) is 8.88. The molecule has 1 aromatic carbocycles. The molecular formula is C17H26ClN3O2S. The van der Waals surface area contributed by atoms with Gasteiger partial charge in [-0.15, -0.1) is 24.2 Å². The van der Waals surface area contributed by atoms with Crippen molar-refractivity contribution >= 4 is 41.7 Å². The number of nitrogens with zero attached hydrogens (tertiary/aromatic N) is 1. The van der Waals surface area contributed by atoms with Gasteiger partial charge in [0.05, 0.1) is 5.25 Å². The molecule has 1 atom stereocenters. The maximum atomic E-state index is 12.5. The van der Waals surface area contributed by atoms with Crippen molar-refractivity contribution in [2.75, 3.05) is 25.5 Å². The third-order valence-corrected chi connectivity index (χ3v) is 5.15. The molecule has 134 valence electrons. The first-order valence-electron chi connectivity index (χ1n) is 8.00. The van der Waals surface area contributed by atoms with Crippen LogP contribution in [-0.4, -0.2) is 48.1 Å². The molecule has 1 fully saturated rings. The highest BCUT2D eigenvalue weighted by Gasteiger charge is 2.25. The van der Waals surface area contributed by atoms with Crippen molar-refractivity contribution in [1.29, 1.82) is 0 Å². The number of thioether (sulfide) groups is 1. The summed E-state index contributed by atoms with van der Waals surface area (Å²) in [5.74, 6) is 0.120. The Morgan fingerprint density at radius 3 is 2.29 bits per heavy atom. The second-order valence-electron chi connectivity index (χ2n) is 5.85. The lowest BCUT2D eigenvalue weighted by Crippen LogP contribution is -2.46. The minimum absolute atomic E-state index is 0. The maximum Gasteiger partial charge on any atom is 0.235 e. The lowest BCUT2D eigenvalue weighted by atomic mass is 10.1. The van der Waals surface area contributed by atoms with Crippen molar-refractivity contribution in [2.24, 2.45) is 0 Å². The van der Waals surface area contributed by atoms with Gasteiger partial charge in [0.2, 0.25) is 11.8 Å². The molecule has 1 heterocycles. The molecule has 2 amide bonds. The van der Waals surface area contributed by atoms with Crippen LogP contribution in [0.4, 0.5) is 5.69 Å². The van der Waals surface area contributed by atoms with E-state index in [1.807, 2.05) is 43.1 Å². The summed E-state index contributed by atoms with van der Waals surface area (Å²) in [5, 5.41) is 5.91.